The number of hydrogen-bond donors (Lipinski definition) is 1. The second-order valence-electron chi connectivity index (χ2n) is 6.50. The molecule has 1 aromatic carbocycles. The van der Waals surface area contributed by atoms with Gasteiger partial charge in [0.2, 0.25) is 5.91 Å². The molecule has 6 heteroatoms. The summed E-state index contributed by atoms with van der Waals surface area (Å²) in [4.78, 5) is 12.5. The van der Waals surface area contributed by atoms with Crippen LogP contribution in [-0.2, 0) is 17.8 Å². The summed E-state index contributed by atoms with van der Waals surface area (Å²) in [5.74, 6) is 0.970. The van der Waals surface area contributed by atoms with E-state index >= 15 is 0 Å². The zero-order valence-electron chi connectivity index (χ0n) is 14.7. The number of fused-ring (bicyclic) bond motifs is 1. The summed E-state index contributed by atoms with van der Waals surface area (Å²) in [6.45, 7) is 5.83. The third kappa shape index (κ3) is 4.15. The molecule has 1 aliphatic heterocycles. The Hall–Kier alpha value is -2.01. The Kier molecular flexibility index (Phi) is 5.63. The first-order chi connectivity index (χ1) is 12.1. The lowest BCUT2D eigenvalue weighted by Crippen LogP contribution is -2.33. The molecule has 1 atom stereocenters. The Bertz CT molecular complexity index is 757. The van der Waals surface area contributed by atoms with Crippen LogP contribution < -0.4 is 10.1 Å². The molecule has 2 heterocycles. The highest BCUT2D eigenvalue weighted by atomic mass is 35.5. The van der Waals surface area contributed by atoms with Gasteiger partial charge in [0.25, 0.3) is 0 Å². The van der Waals surface area contributed by atoms with Crippen molar-refractivity contribution in [2.45, 2.75) is 39.7 Å². The molecule has 0 saturated heterocycles. The lowest BCUT2D eigenvalue weighted by molar-refractivity contribution is -0.125. The first-order valence-electron chi connectivity index (χ1n) is 8.74. The summed E-state index contributed by atoms with van der Waals surface area (Å²) in [5.41, 5.74) is 2.93. The van der Waals surface area contributed by atoms with Gasteiger partial charge in [-0.1, -0.05) is 29.8 Å². The molecule has 5 nitrogen and oxygen atoms in total. The fourth-order valence-corrected chi connectivity index (χ4v) is 3.33. The summed E-state index contributed by atoms with van der Waals surface area (Å²) in [7, 11) is 0. The molecule has 0 saturated carbocycles. The highest BCUT2D eigenvalue weighted by molar-refractivity contribution is 6.31. The molecule has 1 aromatic heterocycles. The predicted molar refractivity (Wildman–Crippen MR) is 98.1 cm³/mol. The lowest BCUT2D eigenvalue weighted by Gasteiger charge is -2.14. The van der Waals surface area contributed by atoms with Gasteiger partial charge in [0.05, 0.1) is 23.0 Å². The minimum absolute atomic E-state index is 0.0354. The second-order valence-corrected chi connectivity index (χ2v) is 6.88. The van der Waals surface area contributed by atoms with Crippen molar-refractivity contribution in [1.29, 1.82) is 0 Å². The van der Waals surface area contributed by atoms with E-state index in [-0.39, 0.29) is 11.8 Å². The molecule has 0 bridgehead atoms. The third-order valence-electron chi connectivity index (χ3n) is 4.67. The van der Waals surface area contributed by atoms with Crippen LogP contribution in [0.3, 0.4) is 0 Å². The van der Waals surface area contributed by atoms with Gasteiger partial charge in [-0.05, 0) is 44.7 Å². The van der Waals surface area contributed by atoms with Crippen molar-refractivity contribution >= 4 is 17.5 Å². The number of benzene rings is 1. The number of amides is 1. The van der Waals surface area contributed by atoms with Crippen molar-refractivity contribution in [3.8, 4) is 5.75 Å². The number of nitrogens with zero attached hydrogens (tertiary/aromatic N) is 2. The van der Waals surface area contributed by atoms with Gasteiger partial charge in [0, 0.05) is 19.0 Å². The molecule has 25 heavy (non-hydrogen) atoms. The molecular weight excluding hydrogens is 338 g/mol. The standard InChI is InChI=1S/C19H24ClN3O2/c1-13-18(20)14(2)23(22-13)10-5-9-21-19(24)16-8-11-25-17-7-4-3-6-15(17)12-16/h3-4,6-7,16H,5,8-12H2,1-2H3,(H,21,24)/t16-/m1/s1. The van der Waals surface area contributed by atoms with Gasteiger partial charge in [0.15, 0.2) is 0 Å². The molecule has 0 radical (unpaired) electrons. The van der Waals surface area contributed by atoms with E-state index in [9.17, 15) is 4.79 Å². The smallest absolute Gasteiger partial charge is 0.223 e. The third-order valence-corrected chi connectivity index (χ3v) is 5.22. The number of hydrogen-bond acceptors (Lipinski definition) is 3. The van der Waals surface area contributed by atoms with Crippen molar-refractivity contribution in [3.63, 3.8) is 0 Å². The topological polar surface area (TPSA) is 56.2 Å². The second kappa shape index (κ2) is 7.91. The minimum atomic E-state index is -0.0354. The van der Waals surface area contributed by atoms with E-state index in [4.69, 9.17) is 16.3 Å². The highest BCUT2D eigenvalue weighted by Gasteiger charge is 2.23. The largest absolute Gasteiger partial charge is 0.493 e. The van der Waals surface area contributed by atoms with Gasteiger partial charge in [-0.2, -0.15) is 5.10 Å². The van der Waals surface area contributed by atoms with Crippen LogP contribution in [0.15, 0.2) is 24.3 Å². The number of para-hydroxylation sites is 1. The fraction of sp³-hybridized carbons (Fsp3) is 0.474. The number of carbonyl (C=O) groups excluding carboxylic acids is 1. The maximum absolute atomic E-state index is 12.5. The van der Waals surface area contributed by atoms with Crippen LogP contribution in [0.25, 0.3) is 0 Å². The molecule has 0 fully saturated rings. The van der Waals surface area contributed by atoms with Gasteiger partial charge < -0.3 is 10.1 Å². The summed E-state index contributed by atoms with van der Waals surface area (Å²) >= 11 is 6.15. The number of rotatable bonds is 5. The van der Waals surface area contributed by atoms with Crippen LogP contribution in [0, 0.1) is 19.8 Å². The average Bonchev–Trinajstić information content (AvgIpc) is 2.80. The number of nitrogens with one attached hydrogen (secondary N) is 1. The van der Waals surface area contributed by atoms with Gasteiger partial charge in [-0.3, -0.25) is 9.48 Å². The van der Waals surface area contributed by atoms with Crippen LogP contribution >= 0.6 is 11.6 Å². The van der Waals surface area contributed by atoms with Crippen molar-refractivity contribution in [1.82, 2.24) is 15.1 Å². The Morgan fingerprint density at radius 1 is 1.40 bits per heavy atom. The molecule has 2 aromatic rings. The normalized spacial score (nSPS) is 16.7. The number of aromatic nitrogens is 2. The van der Waals surface area contributed by atoms with Crippen molar-refractivity contribution in [2.75, 3.05) is 13.2 Å². The zero-order valence-corrected chi connectivity index (χ0v) is 15.5. The number of carbonyl (C=O) groups is 1. The maximum atomic E-state index is 12.5. The summed E-state index contributed by atoms with van der Waals surface area (Å²) in [5, 5.41) is 8.19. The number of ether oxygens (including phenoxy) is 1. The maximum Gasteiger partial charge on any atom is 0.223 e. The molecular formula is C19H24ClN3O2. The molecule has 1 amide bonds. The van der Waals surface area contributed by atoms with Crippen molar-refractivity contribution in [3.05, 3.63) is 46.2 Å². The van der Waals surface area contributed by atoms with Gasteiger partial charge in [0.1, 0.15) is 5.75 Å². The molecule has 134 valence electrons. The number of halogens is 1. The first kappa shape index (κ1) is 17.8. The van der Waals surface area contributed by atoms with E-state index in [1.54, 1.807) is 0 Å². The Morgan fingerprint density at radius 3 is 2.96 bits per heavy atom. The van der Waals surface area contributed by atoms with Crippen LogP contribution in [-0.4, -0.2) is 28.8 Å². The molecule has 3 rings (SSSR count). The first-order valence-corrected chi connectivity index (χ1v) is 9.12. The van der Waals surface area contributed by atoms with Crippen molar-refractivity contribution in [2.24, 2.45) is 5.92 Å². The Balaban J connectivity index is 1.48. The number of aryl methyl sites for hydroxylation is 2. The summed E-state index contributed by atoms with van der Waals surface area (Å²) in [6.07, 6.45) is 2.30. The highest BCUT2D eigenvalue weighted by Crippen LogP contribution is 2.26. The monoisotopic (exact) mass is 361 g/mol. The fourth-order valence-electron chi connectivity index (χ4n) is 3.19. The lowest BCUT2D eigenvalue weighted by atomic mass is 9.96. The van der Waals surface area contributed by atoms with E-state index in [2.05, 4.69) is 10.4 Å². The quantitative estimate of drug-likeness (QED) is 0.831. The van der Waals surface area contributed by atoms with E-state index in [0.29, 0.717) is 13.2 Å². The van der Waals surface area contributed by atoms with E-state index < -0.39 is 0 Å². The minimum Gasteiger partial charge on any atom is -0.493 e. The molecule has 0 unspecified atom stereocenters. The van der Waals surface area contributed by atoms with E-state index in [1.165, 1.54) is 0 Å². The predicted octanol–water partition coefficient (Wildman–Crippen LogP) is 3.30. The summed E-state index contributed by atoms with van der Waals surface area (Å²) in [6, 6.07) is 7.95. The van der Waals surface area contributed by atoms with E-state index in [0.717, 1.165) is 53.5 Å². The molecule has 0 spiro atoms. The zero-order chi connectivity index (χ0) is 17.8. The SMILES string of the molecule is Cc1nn(CCCNC(=O)[C@@H]2CCOc3ccccc3C2)c(C)c1Cl. The van der Waals surface area contributed by atoms with Crippen LogP contribution in [0.1, 0.15) is 29.8 Å². The molecule has 1 N–H and O–H groups in total. The average molecular weight is 362 g/mol. The Labute approximate surface area is 153 Å². The van der Waals surface area contributed by atoms with Gasteiger partial charge >= 0.3 is 0 Å². The molecule has 1 aliphatic rings. The van der Waals surface area contributed by atoms with Crippen LogP contribution in [0.4, 0.5) is 0 Å². The Morgan fingerprint density at radius 2 is 2.20 bits per heavy atom. The van der Waals surface area contributed by atoms with Gasteiger partial charge in [-0.15, -0.1) is 0 Å². The summed E-state index contributed by atoms with van der Waals surface area (Å²) < 4.78 is 7.64. The van der Waals surface area contributed by atoms with Crippen LogP contribution in [0.2, 0.25) is 5.02 Å². The van der Waals surface area contributed by atoms with Gasteiger partial charge in [-0.25, -0.2) is 0 Å². The van der Waals surface area contributed by atoms with E-state index in [1.807, 2.05) is 42.8 Å². The van der Waals surface area contributed by atoms with Crippen molar-refractivity contribution < 1.29 is 9.53 Å². The molecule has 0 aliphatic carbocycles. The van der Waals surface area contributed by atoms with Crippen LogP contribution in [0.5, 0.6) is 5.75 Å².